The van der Waals surface area contributed by atoms with Gasteiger partial charge in [-0.05, 0) is 25.3 Å². The third kappa shape index (κ3) is 3.95. The Morgan fingerprint density at radius 2 is 2.36 bits per heavy atom. The first-order valence-electron chi connectivity index (χ1n) is 5.65. The number of β-amino-alcohol motifs (C(OH)–C–C–N with tert-alkyl or cyclic N) is 1. The van der Waals surface area contributed by atoms with Crippen molar-refractivity contribution < 1.29 is 9.84 Å². The molecule has 3 heteroatoms. The van der Waals surface area contributed by atoms with Gasteiger partial charge in [0.1, 0.15) is 0 Å². The van der Waals surface area contributed by atoms with Gasteiger partial charge in [-0.1, -0.05) is 13.3 Å². The molecule has 1 N–H and O–H groups in total. The second-order valence-corrected chi connectivity index (χ2v) is 4.31. The summed E-state index contributed by atoms with van der Waals surface area (Å²) in [5.74, 6) is 0.856. The molecular weight excluding hydrogens is 178 g/mol. The fourth-order valence-corrected chi connectivity index (χ4v) is 2.27. The number of rotatable bonds is 6. The zero-order chi connectivity index (χ0) is 10.4. The normalized spacial score (nSPS) is 25.5. The maximum atomic E-state index is 9.56. The second kappa shape index (κ2) is 6.38. The standard InChI is InChI=1S/C11H23NO2/c1-3-4-10-5-6-12(7-10)8-11(13)9-14-2/h10-11,13H,3-9H2,1-2H3/t10-,11+/m1/s1. The average molecular weight is 201 g/mol. The highest BCUT2D eigenvalue weighted by Gasteiger charge is 2.23. The Morgan fingerprint density at radius 1 is 1.57 bits per heavy atom. The van der Waals surface area contributed by atoms with Gasteiger partial charge in [0.15, 0.2) is 0 Å². The van der Waals surface area contributed by atoms with Crippen molar-refractivity contribution in [1.82, 2.24) is 4.90 Å². The lowest BCUT2D eigenvalue weighted by molar-refractivity contribution is 0.0420. The molecule has 1 fully saturated rings. The lowest BCUT2D eigenvalue weighted by atomic mass is 10.0. The van der Waals surface area contributed by atoms with Crippen molar-refractivity contribution in [2.75, 3.05) is 33.4 Å². The van der Waals surface area contributed by atoms with Crippen molar-refractivity contribution in [3.8, 4) is 0 Å². The Bertz CT molecular complexity index is 152. The van der Waals surface area contributed by atoms with Crippen LogP contribution in [0, 0.1) is 5.92 Å². The highest BCUT2D eigenvalue weighted by atomic mass is 16.5. The van der Waals surface area contributed by atoms with E-state index in [4.69, 9.17) is 4.74 Å². The molecule has 0 amide bonds. The van der Waals surface area contributed by atoms with E-state index >= 15 is 0 Å². The molecule has 3 nitrogen and oxygen atoms in total. The molecule has 0 aromatic carbocycles. The topological polar surface area (TPSA) is 32.7 Å². The van der Waals surface area contributed by atoms with Crippen molar-refractivity contribution in [1.29, 1.82) is 0 Å². The van der Waals surface area contributed by atoms with Crippen LogP contribution in [0.5, 0.6) is 0 Å². The molecule has 1 saturated heterocycles. The Hall–Kier alpha value is -0.120. The van der Waals surface area contributed by atoms with Crippen LogP contribution in [-0.4, -0.2) is 49.5 Å². The van der Waals surface area contributed by atoms with E-state index in [1.807, 2.05) is 0 Å². The minimum Gasteiger partial charge on any atom is -0.389 e. The minimum absolute atomic E-state index is 0.319. The van der Waals surface area contributed by atoms with Gasteiger partial charge < -0.3 is 14.7 Å². The maximum Gasteiger partial charge on any atom is 0.0900 e. The van der Waals surface area contributed by atoms with Crippen LogP contribution in [-0.2, 0) is 4.74 Å². The fraction of sp³-hybridized carbons (Fsp3) is 1.00. The molecule has 0 aromatic heterocycles. The number of ether oxygens (including phenoxy) is 1. The van der Waals surface area contributed by atoms with Gasteiger partial charge in [0, 0.05) is 20.2 Å². The molecule has 0 bridgehead atoms. The lowest BCUT2D eigenvalue weighted by Gasteiger charge is -2.19. The van der Waals surface area contributed by atoms with Gasteiger partial charge in [-0.15, -0.1) is 0 Å². The minimum atomic E-state index is -0.319. The highest BCUT2D eigenvalue weighted by Crippen LogP contribution is 2.20. The van der Waals surface area contributed by atoms with Crippen molar-refractivity contribution >= 4 is 0 Å². The van der Waals surface area contributed by atoms with E-state index in [1.54, 1.807) is 7.11 Å². The van der Waals surface area contributed by atoms with E-state index in [9.17, 15) is 5.11 Å². The zero-order valence-corrected chi connectivity index (χ0v) is 9.41. The summed E-state index contributed by atoms with van der Waals surface area (Å²) in [4.78, 5) is 2.35. The van der Waals surface area contributed by atoms with Gasteiger partial charge in [-0.3, -0.25) is 0 Å². The molecule has 2 atom stereocenters. The van der Waals surface area contributed by atoms with Gasteiger partial charge >= 0.3 is 0 Å². The molecule has 1 heterocycles. The fourth-order valence-electron chi connectivity index (χ4n) is 2.27. The SMILES string of the molecule is CCC[C@@H]1CCN(C[C@H](O)COC)C1. The third-order valence-electron chi connectivity index (χ3n) is 2.89. The Morgan fingerprint density at radius 3 is 3.00 bits per heavy atom. The van der Waals surface area contributed by atoms with Crippen molar-refractivity contribution in [2.45, 2.75) is 32.3 Å². The number of nitrogens with zero attached hydrogens (tertiary/aromatic N) is 1. The first kappa shape index (κ1) is 12.0. The molecule has 14 heavy (non-hydrogen) atoms. The van der Waals surface area contributed by atoms with Gasteiger partial charge in [0.2, 0.25) is 0 Å². The van der Waals surface area contributed by atoms with Gasteiger partial charge in [-0.25, -0.2) is 0 Å². The van der Waals surface area contributed by atoms with Gasteiger partial charge in [-0.2, -0.15) is 0 Å². The van der Waals surface area contributed by atoms with Gasteiger partial charge in [0.25, 0.3) is 0 Å². The molecule has 0 aromatic rings. The average Bonchev–Trinajstić information content (AvgIpc) is 2.53. The van der Waals surface area contributed by atoms with Crippen LogP contribution in [0.3, 0.4) is 0 Å². The summed E-state index contributed by atoms with van der Waals surface area (Å²) in [5, 5.41) is 9.56. The molecule has 1 aliphatic rings. The third-order valence-corrected chi connectivity index (χ3v) is 2.89. The van der Waals surface area contributed by atoms with Crippen LogP contribution < -0.4 is 0 Å². The van der Waals surface area contributed by atoms with Crippen LogP contribution in [0.2, 0.25) is 0 Å². The lowest BCUT2D eigenvalue weighted by Crippen LogP contribution is -2.33. The van der Waals surface area contributed by atoms with Crippen molar-refractivity contribution in [3.05, 3.63) is 0 Å². The largest absolute Gasteiger partial charge is 0.389 e. The van der Waals surface area contributed by atoms with Crippen molar-refractivity contribution in [3.63, 3.8) is 0 Å². The van der Waals surface area contributed by atoms with Crippen LogP contribution in [0.4, 0.5) is 0 Å². The summed E-state index contributed by atoms with van der Waals surface area (Å²) in [7, 11) is 1.63. The monoisotopic (exact) mass is 201 g/mol. The Kier molecular flexibility index (Phi) is 5.45. The number of hydrogen-bond acceptors (Lipinski definition) is 3. The first-order chi connectivity index (χ1) is 6.76. The summed E-state index contributed by atoms with van der Waals surface area (Å²) >= 11 is 0. The molecule has 0 radical (unpaired) electrons. The van der Waals surface area contributed by atoms with E-state index in [-0.39, 0.29) is 6.10 Å². The van der Waals surface area contributed by atoms with Crippen LogP contribution in [0.25, 0.3) is 0 Å². The number of methoxy groups -OCH3 is 1. The number of aliphatic hydroxyl groups is 1. The molecule has 1 aliphatic heterocycles. The van der Waals surface area contributed by atoms with Crippen molar-refractivity contribution in [2.24, 2.45) is 5.92 Å². The molecule has 0 spiro atoms. The Balaban J connectivity index is 2.15. The summed E-state index contributed by atoms with van der Waals surface area (Å²) in [6.45, 7) is 5.77. The van der Waals surface area contributed by atoms with Crippen LogP contribution >= 0.6 is 0 Å². The molecule has 0 saturated carbocycles. The van der Waals surface area contributed by atoms with Crippen LogP contribution in [0.15, 0.2) is 0 Å². The molecule has 84 valence electrons. The highest BCUT2D eigenvalue weighted by molar-refractivity contribution is 4.76. The summed E-state index contributed by atoms with van der Waals surface area (Å²) < 4.78 is 4.91. The van der Waals surface area contributed by atoms with E-state index in [0.29, 0.717) is 6.61 Å². The number of aliphatic hydroxyl groups excluding tert-OH is 1. The summed E-state index contributed by atoms with van der Waals surface area (Å²) in [5.41, 5.74) is 0. The zero-order valence-electron chi connectivity index (χ0n) is 9.41. The molecule has 0 unspecified atom stereocenters. The summed E-state index contributed by atoms with van der Waals surface area (Å²) in [6, 6.07) is 0. The van der Waals surface area contributed by atoms with E-state index in [2.05, 4.69) is 11.8 Å². The Labute approximate surface area is 87.1 Å². The van der Waals surface area contributed by atoms with Crippen LogP contribution in [0.1, 0.15) is 26.2 Å². The number of hydrogen-bond donors (Lipinski definition) is 1. The van der Waals surface area contributed by atoms with E-state index < -0.39 is 0 Å². The quantitative estimate of drug-likeness (QED) is 0.699. The predicted molar refractivity (Wildman–Crippen MR) is 57.3 cm³/mol. The number of likely N-dealkylation sites (tertiary alicyclic amines) is 1. The summed E-state index contributed by atoms with van der Waals surface area (Å²) in [6.07, 6.45) is 3.59. The molecular formula is C11H23NO2. The second-order valence-electron chi connectivity index (χ2n) is 4.31. The smallest absolute Gasteiger partial charge is 0.0900 e. The van der Waals surface area contributed by atoms with E-state index in [0.717, 1.165) is 25.6 Å². The van der Waals surface area contributed by atoms with E-state index in [1.165, 1.54) is 19.3 Å². The predicted octanol–water partition coefficient (Wildman–Crippen LogP) is 1.12. The maximum absolute atomic E-state index is 9.56. The molecule has 1 rings (SSSR count). The first-order valence-corrected chi connectivity index (χ1v) is 5.65. The van der Waals surface area contributed by atoms with Gasteiger partial charge in [0.05, 0.1) is 12.7 Å². The molecule has 0 aliphatic carbocycles.